The molecule has 94 valence electrons. The molecule has 0 aliphatic carbocycles. The third-order valence-corrected chi connectivity index (χ3v) is 4.00. The van der Waals surface area contributed by atoms with Crippen LogP contribution in [0.25, 0.3) is 0 Å². The molecule has 0 radical (unpaired) electrons. The van der Waals surface area contributed by atoms with Gasteiger partial charge in [-0.15, -0.1) is 5.10 Å². The standard InChI is InChI=1S/C10H14ClN3O2S/c11-9-7(12-13-17-9)6-14-5-3-1-2-4-8(14)10(15)16/h8H,1-6H2,(H,15,16). The van der Waals surface area contributed by atoms with Crippen molar-refractivity contribution in [2.75, 3.05) is 6.54 Å². The third-order valence-electron chi connectivity index (χ3n) is 3.01. The fraction of sp³-hybridized carbons (Fsp3) is 0.700. The summed E-state index contributed by atoms with van der Waals surface area (Å²) in [5, 5.41) is 13.2. The first kappa shape index (κ1) is 12.7. The third kappa shape index (κ3) is 3.14. The first-order valence-electron chi connectivity index (χ1n) is 5.62. The zero-order valence-corrected chi connectivity index (χ0v) is 10.9. The van der Waals surface area contributed by atoms with Gasteiger partial charge in [0.15, 0.2) is 0 Å². The number of aromatic nitrogens is 2. The molecule has 7 heteroatoms. The molecule has 1 unspecified atom stereocenters. The van der Waals surface area contributed by atoms with E-state index in [2.05, 4.69) is 9.59 Å². The second-order valence-corrected chi connectivity index (χ2v) is 5.52. The van der Waals surface area contributed by atoms with Gasteiger partial charge in [0, 0.05) is 18.1 Å². The van der Waals surface area contributed by atoms with Crippen molar-refractivity contribution in [3.63, 3.8) is 0 Å². The van der Waals surface area contributed by atoms with E-state index in [9.17, 15) is 9.90 Å². The summed E-state index contributed by atoms with van der Waals surface area (Å²) >= 11 is 7.08. The van der Waals surface area contributed by atoms with Gasteiger partial charge < -0.3 is 5.11 Å². The van der Waals surface area contributed by atoms with Crippen LogP contribution in [0, 0.1) is 0 Å². The van der Waals surface area contributed by atoms with E-state index >= 15 is 0 Å². The van der Waals surface area contributed by atoms with Crippen molar-refractivity contribution in [1.29, 1.82) is 0 Å². The maximum Gasteiger partial charge on any atom is 0.320 e. The van der Waals surface area contributed by atoms with Gasteiger partial charge in [-0.25, -0.2) is 0 Å². The maximum atomic E-state index is 11.2. The molecule has 1 aliphatic heterocycles. The van der Waals surface area contributed by atoms with Gasteiger partial charge in [0.25, 0.3) is 0 Å². The number of carbonyl (C=O) groups is 1. The fourth-order valence-corrected chi connectivity index (χ4v) is 2.73. The number of carboxylic acids is 1. The molecule has 0 saturated carbocycles. The lowest BCUT2D eigenvalue weighted by atomic mass is 10.1. The molecule has 2 rings (SSSR count). The number of likely N-dealkylation sites (tertiary alicyclic amines) is 1. The van der Waals surface area contributed by atoms with E-state index in [1.54, 1.807) is 0 Å². The highest BCUT2D eigenvalue weighted by atomic mass is 35.5. The SMILES string of the molecule is O=C(O)C1CCCCCN1Cc1nnsc1Cl. The molecule has 0 aromatic carbocycles. The van der Waals surface area contributed by atoms with Crippen LogP contribution in [-0.2, 0) is 11.3 Å². The van der Waals surface area contributed by atoms with Gasteiger partial charge in [-0.3, -0.25) is 9.69 Å². The molecule has 1 aromatic heterocycles. The summed E-state index contributed by atoms with van der Waals surface area (Å²) < 4.78 is 4.32. The second kappa shape index (κ2) is 5.75. The zero-order chi connectivity index (χ0) is 12.3. The molecule has 5 nitrogen and oxygen atoms in total. The summed E-state index contributed by atoms with van der Waals surface area (Å²) in [6, 6.07) is -0.421. The van der Waals surface area contributed by atoms with Gasteiger partial charge in [-0.2, -0.15) is 0 Å². The zero-order valence-electron chi connectivity index (χ0n) is 9.30. The summed E-state index contributed by atoms with van der Waals surface area (Å²) in [6.07, 6.45) is 3.78. The quantitative estimate of drug-likeness (QED) is 0.914. The van der Waals surface area contributed by atoms with Crippen LogP contribution < -0.4 is 0 Å². The number of hydrogen-bond acceptors (Lipinski definition) is 5. The normalized spacial score (nSPS) is 22.3. The Bertz CT molecular complexity index is 399. The first-order valence-corrected chi connectivity index (χ1v) is 6.77. The first-order chi connectivity index (χ1) is 8.18. The Balaban J connectivity index is 2.10. The van der Waals surface area contributed by atoms with Gasteiger partial charge in [0.2, 0.25) is 0 Å². The minimum Gasteiger partial charge on any atom is -0.480 e. The number of carboxylic acid groups (broad SMARTS) is 1. The highest BCUT2D eigenvalue weighted by Gasteiger charge is 2.28. The Morgan fingerprint density at radius 1 is 1.53 bits per heavy atom. The van der Waals surface area contributed by atoms with E-state index in [4.69, 9.17) is 11.6 Å². The topological polar surface area (TPSA) is 66.3 Å². The second-order valence-electron chi connectivity index (χ2n) is 4.17. The largest absolute Gasteiger partial charge is 0.480 e. The molecule has 0 bridgehead atoms. The van der Waals surface area contributed by atoms with Crippen molar-refractivity contribution >= 4 is 29.1 Å². The molecular weight excluding hydrogens is 262 g/mol. The Morgan fingerprint density at radius 2 is 2.35 bits per heavy atom. The van der Waals surface area contributed by atoms with E-state index in [0.717, 1.165) is 37.3 Å². The summed E-state index contributed by atoms with van der Waals surface area (Å²) in [7, 11) is 0. The highest BCUT2D eigenvalue weighted by Crippen LogP contribution is 2.23. The lowest BCUT2D eigenvalue weighted by Crippen LogP contribution is -2.40. The van der Waals surface area contributed by atoms with Crippen LogP contribution in [0.2, 0.25) is 4.34 Å². The molecule has 1 N–H and O–H groups in total. The molecule has 1 fully saturated rings. The average Bonchev–Trinajstić information content (AvgIpc) is 2.55. The summed E-state index contributed by atoms with van der Waals surface area (Å²) in [6.45, 7) is 1.26. The molecule has 1 saturated heterocycles. The van der Waals surface area contributed by atoms with Crippen LogP contribution in [0.4, 0.5) is 0 Å². The fourth-order valence-electron chi connectivity index (χ4n) is 2.12. The van der Waals surface area contributed by atoms with E-state index in [1.807, 2.05) is 4.90 Å². The lowest BCUT2D eigenvalue weighted by Gasteiger charge is -2.25. The van der Waals surface area contributed by atoms with Crippen LogP contribution >= 0.6 is 23.1 Å². The number of rotatable bonds is 3. The van der Waals surface area contributed by atoms with Crippen LogP contribution in [0.15, 0.2) is 0 Å². The van der Waals surface area contributed by atoms with Crippen LogP contribution in [-0.4, -0.2) is 38.1 Å². The van der Waals surface area contributed by atoms with Crippen molar-refractivity contribution in [1.82, 2.24) is 14.5 Å². The Morgan fingerprint density at radius 3 is 3.00 bits per heavy atom. The summed E-state index contributed by atoms with van der Waals surface area (Å²) in [5.41, 5.74) is 0.685. The van der Waals surface area contributed by atoms with Gasteiger partial charge >= 0.3 is 5.97 Å². The van der Waals surface area contributed by atoms with Crippen molar-refractivity contribution in [2.24, 2.45) is 0 Å². The molecule has 17 heavy (non-hydrogen) atoms. The number of halogens is 1. The van der Waals surface area contributed by atoms with Gasteiger partial charge in [0.1, 0.15) is 16.1 Å². The Hall–Kier alpha value is -0.720. The minimum atomic E-state index is -0.758. The predicted octanol–water partition coefficient (Wildman–Crippen LogP) is 2.02. The highest BCUT2D eigenvalue weighted by molar-refractivity contribution is 7.10. The van der Waals surface area contributed by atoms with Crippen LogP contribution in [0.5, 0.6) is 0 Å². The predicted molar refractivity (Wildman–Crippen MR) is 65.2 cm³/mol. The molecule has 2 heterocycles. The number of aliphatic carboxylic acids is 1. The average molecular weight is 276 g/mol. The monoisotopic (exact) mass is 275 g/mol. The summed E-state index contributed by atoms with van der Waals surface area (Å²) in [4.78, 5) is 13.2. The molecule has 0 spiro atoms. The van der Waals surface area contributed by atoms with Gasteiger partial charge in [-0.1, -0.05) is 28.9 Å². The number of nitrogens with zero attached hydrogens (tertiary/aromatic N) is 3. The summed E-state index contributed by atoms with van der Waals surface area (Å²) in [5.74, 6) is -0.758. The van der Waals surface area contributed by atoms with Crippen molar-refractivity contribution in [3.05, 3.63) is 10.0 Å². The smallest absolute Gasteiger partial charge is 0.320 e. The Labute approximate surface area is 109 Å². The Kier molecular flexibility index (Phi) is 4.31. The van der Waals surface area contributed by atoms with Crippen molar-refractivity contribution in [3.8, 4) is 0 Å². The molecule has 1 aliphatic rings. The van der Waals surface area contributed by atoms with Crippen molar-refractivity contribution in [2.45, 2.75) is 38.3 Å². The van der Waals surface area contributed by atoms with Gasteiger partial charge in [-0.05, 0) is 19.4 Å². The molecular formula is C10H14ClN3O2S. The van der Waals surface area contributed by atoms with E-state index in [0.29, 0.717) is 23.0 Å². The van der Waals surface area contributed by atoms with Crippen LogP contribution in [0.1, 0.15) is 31.4 Å². The van der Waals surface area contributed by atoms with Crippen LogP contribution in [0.3, 0.4) is 0 Å². The number of hydrogen-bond donors (Lipinski definition) is 1. The molecule has 1 aromatic rings. The van der Waals surface area contributed by atoms with Crippen molar-refractivity contribution < 1.29 is 9.90 Å². The van der Waals surface area contributed by atoms with E-state index in [1.165, 1.54) is 0 Å². The van der Waals surface area contributed by atoms with Gasteiger partial charge in [0.05, 0.1) is 0 Å². The molecule has 1 atom stereocenters. The van der Waals surface area contributed by atoms with E-state index < -0.39 is 12.0 Å². The maximum absolute atomic E-state index is 11.2. The van der Waals surface area contributed by atoms with E-state index in [-0.39, 0.29) is 0 Å². The lowest BCUT2D eigenvalue weighted by molar-refractivity contribution is -0.143. The minimum absolute atomic E-state index is 0.421. The molecule has 0 amide bonds.